The van der Waals surface area contributed by atoms with E-state index in [0.29, 0.717) is 22.3 Å². The second-order valence-electron chi connectivity index (χ2n) is 6.57. The summed E-state index contributed by atoms with van der Waals surface area (Å²) in [5.74, 6) is 1.49. The summed E-state index contributed by atoms with van der Waals surface area (Å²) in [6.07, 6.45) is 1.44. The molecule has 28 heavy (non-hydrogen) atoms. The van der Waals surface area contributed by atoms with Crippen LogP contribution in [0.2, 0.25) is 5.02 Å². The van der Waals surface area contributed by atoms with Gasteiger partial charge in [-0.25, -0.2) is 5.43 Å². The zero-order chi connectivity index (χ0) is 20.1. The molecule has 3 aromatic rings. The maximum absolute atomic E-state index is 11.9. The summed E-state index contributed by atoms with van der Waals surface area (Å²) >= 11 is 6.15. The summed E-state index contributed by atoms with van der Waals surface area (Å²) in [5.41, 5.74) is 6.46. The number of hydrazone groups is 1. The summed E-state index contributed by atoms with van der Waals surface area (Å²) in [6.45, 7) is 5.78. The van der Waals surface area contributed by atoms with Gasteiger partial charge in [0.1, 0.15) is 17.3 Å². The van der Waals surface area contributed by atoms with Crippen molar-refractivity contribution in [2.75, 3.05) is 6.61 Å². The smallest absolute Gasteiger partial charge is 0.277 e. The predicted octanol–water partition coefficient (Wildman–Crippen LogP) is 5.05. The first kappa shape index (κ1) is 19.7. The summed E-state index contributed by atoms with van der Waals surface area (Å²) in [5, 5.41) is 4.58. The number of halogens is 1. The Bertz CT molecular complexity index is 1000. The largest absolute Gasteiger partial charge is 0.484 e. The van der Waals surface area contributed by atoms with E-state index in [1.54, 1.807) is 6.07 Å². The molecule has 0 unspecified atom stereocenters. The number of carbonyl (C=O) groups is 1. The van der Waals surface area contributed by atoms with E-state index < -0.39 is 0 Å². The zero-order valence-corrected chi connectivity index (χ0v) is 16.7. The highest BCUT2D eigenvalue weighted by Crippen LogP contribution is 2.26. The molecule has 0 saturated carbocycles. The Balaban J connectivity index is 1.53. The summed E-state index contributed by atoms with van der Waals surface area (Å²) < 4.78 is 11.2. The fraction of sp³-hybridized carbons (Fsp3) is 0.182. The summed E-state index contributed by atoms with van der Waals surface area (Å²) in [6, 6.07) is 15.1. The second kappa shape index (κ2) is 8.76. The van der Waals surface area contributed by atoms with Gasteiger partial charge >= 0.3 is 0 Å². The van der Waals surface area contributed by atoms with Crippen LogP contribution in [0.4, 0.5) is 0 Å². The number of ether oxygens (including phenoxy) is 1. The number of furan rings is 1. The molecular weight excluding hydrogens is 376 g/mol. The Labute approximate surface area is 169 Å². The maximum Gasteiger partial charge on any atom is 0.277 e. The van der Waals surface area contributed by atoms with E-state index in [0.717, 1.165) is 22.3 Å². The van der Waals surface area contributed by atoms with Crippen LogP contribution in [-0.4, -0.2) is 18.7 Å². The molecule has 1 amide bonds. The molecule has 5 nitrogen and oxygen atoms in total. The number of nitrogens with one attached hydrogen (secondary N) is 1. The third-order valence-corrected chi connectivity index (χ3v) is 4.44. The fourth-order valence-corrected chi connectivity index (χ4v) is 2.87. The lowest BCUT2D eigenvalue weighted by Gasteiger charge is -2.07. The number of benzene rings is 2. The number of carbonyl (C=O) groups excluding carboxylic acids is 1. The standard InChI is InChI=1S/C22H21ClN2O3/c1-14-8-15(2)10-19(9-14)27-13-22(26)25-24-12-18-6-7-21(28-18)17-5-4-16(3)20(23)11-17/h4-12H,13H2,1-3H3,(H,25,26)/b24-12+. The average molecular weight is 397 g/mol. The van der Waals surface area contributed by atoms with E-state index >= 15 is 0 Å². The fourth-order valence-electron chi connectivity index (χ4n) is 2.69. The molecule has 3 rings (SSSR count). The van der Waals surface area contributed by atoms with Gasteiger partial charge in [0, 0.05) is 10.6 Å². The molecule has 1 aromatic heterocycles. The normalized spacial score (nSPS) is 11.0. The molecule has 144 valence electrons. The highest BCUT2D eigenvalue weighted by Gasteiger charge is 2.06. The van der Waals surface area contributed by atoms with Gasteiger partial charge in [0.05, 0.1) is 6.21 Å². The SMILES string of the molecule is Cc1cc(C)cc(OCC(=O)N/N=C/c2ccc(-c3ccc(C)c(Cl)c3)o2)c1. The van der Waals surface area contributed by atoms with Crippen LogP contribution in [0.1, 0.15) is 22.5 Å². The first-order valence-electron chi connectivity index (χ1n) is 8.80. The first-order valence-corrected chi connectivity index (χ1v) is 9.18. The maximum atomic E-state index is 11.9. The van der Waals surface area contributed by atoms with Gasteiger partial charge in [-0.2, -0.15) is 5.10 Å². The Morgan fingerprint density at radius 3 is 2.57 bits per heavy atom. The van der Waals surface area contributed by atoms with E-state index in [-0.39, 0.29) is 12.5 Å². The van der Waals surface area contributed by atoms with Crippen LogP contribution in [0.25, 0.3) is 11.3 Å². The predicted molar refractivity (Wildman–Crippen MR) is 111 cm³/mol. The first-order chi connectivity index (χ1) is 13.4. The van der Waals surface area contributed by atoms with Crippen LogP contribution in [0.15, 0.2) is 58.0 Å². The van der Waals surface area contributed by atoms with Crippen molar-refractivity contribution in [2.45, 2.75) is 20.8 Å². The molecule has 6 heteroatoms. The molecule has 0 saturated heterocycles. The van der Waals surface area contributed by atoms with Crippen LogP contribution < -0.4 is 10.2 Å². The Kier molecular flexibility index (Phi) is 6.16. The van der Waals surface area contributed by atoms with Crippen molar-refractivity contribution in [3.8, 4) is 17.1 Å². The quantitative estimate of drug-likeness (QED) is 0.468. The van der Waals surface area contributed by atoms with Gasteiger partial charge in [0.25, 0.3) is 5.91 Å². The van der Waals surface area contributed by atoms with Crippen LogP contribution in [0.3, 0.4) is 0 Å². The van der Waals surface area contributed by atoms with Gasteiger partial charge in [0.2, 0.25) is 0 Å². The van der Waals surface area contributed by atoms with Gasteiger partial charge in [-0.1, -0.05) is 29.8 Å². The van der Waals surface area contributed by atoms with Crippen molar-refractivity contribution in [1.29, 1.82) is 0 Å². The van der Waals surface area contributed by atoms with Crippen molar-refractivity contribution in [1.82, 2.24) is 5.43 Å². The van der Waals surface area contributed by atoms with Crippen molar-refractivity contribution in [3.05, 3.63) is 76.0 Å². The number of hydrogen-bond acceptors (Lipinski definition) is 4. The molecule has 2 aromatic carbocycles. The van der Waals surface area contributed by atoms with Crippen molar-refractivity contribution >= 4 is 23.7 Å². The van der Waals surface area contributed by atoms with Crippen LogP contribution in [0, 0.1) is 20.8 Å². The molecule has 0 bridgehead atoms. The molecule has 0 aliphatic carbocycles. The zero-order valence-electron chi connectivity index (χ0n) is 16.0. The highest BCUT2D eigenvalue weighted by atomic mass is 35.5. The molecule has 0 fully saturated rings. The summed E-state index contributed by atoms with van der Waals surface area (Å²) in [7, 11) is 0. The van der Waals surface area contributed by atoms with Gasteiger partial charge in [0.15, 0.2) is 6.61 Å². The Morgan fingerprint density at radius 2 is 1.86 bits per heavy atom. The van der Waals surface area contributed by atoms with Crippen molar-refractivity contribution in [3.63, 3.8) is 0 Å². The summed E-state index contributed by atoms with van der Waals surface area (Å²) in [4.78, 5) is 11.9. The van der Waals surface area contributed by atoms with Gasteiger partial charge < -0.3 is 9.15 Å². The molecule has 1 N–H and O–H groups in total. The third-order valence-electron chi connectivity index (χ3n) is 4.03. The monoisotopic (exact) mass is 396 g/mol. The second-order valence-corrected chi connectivity index (χ2v) is 6.98. The topological polar surface area (TPSA) is 63.8 Å². The number of aryl methyl sites for hydroxylation is 3. The highest BCUT2D eigenvalue weighted by molar-refractivity contribution is 6.31. The van der Waals surface area contributed by atoms with Crippen LogP contribution in [-0.2, 0) is 4.79 Å². The lowest BCUT2D eigenvalue weighted by molar-refractivity contribution is -0.123. The molecule has 0 aliphatic heterocycles. The average Bonchev–Trinajstić information content (AvgIpc) is 3.10. The van der Waals surface area contributed by atoms with E-state index in [1.165, 1.54) is 6.21 Å². The van der Waals surface area contributed by atoms with Gasteiger partial charge in [-0.3, -0.25) is 4.79 Å². The minimum Gasteiger partial charge on any atom is -0.484 e. The van der Waals surface area contributed by atoms with E-state index in [2.05, 4.69) is 10.5 Å². The lowest BCUT2D eigenvalue weighted by atomic mass is 10.1. The molecule has 0 aliphatic rings. The van der Waals surface area contributed by atoms with Crippen molar-refractivity contribution in [2.24, 2.45) is 5.10 Å². The number of nitrogens with zero attached hydrogens (tertiary/aromatic N) is 1. The number of rotatable bonds is 6. The van der Waals surface area contributed by atoms with E-state index in [9.17, 15) is 4.79 Å². The minimum absolute atomic E-state index is 0.120. The van der Waals surface area contributed by atoms with Crippen LogP contribution in [0.5, 0.6) is 5.75 Å². The lowest BCUT2D eigenvalue weighted by Crippen LogP contribution is -2.24. The molecule has 0 spiro atoms. The molecular formula is C22H21ClN2O3. The number of hydrogen-bond donors (Lipinski definition) is 1. The minimum atomic E-state index is -0.354. The van der Waals surface area contributed by atoms with Gasteiger partial charge in [-0.05, 0) is 67.8 Å². The van der Waals surface area contributed by atoms with E-state index in [1.807, 2.05) is 63.2 Å². The molecule has 1 heterocycles. The molecule has 0 atom stereocenters. The Hall–Kier alpha value is -3.05. The molecule has 0 radical (unpaired) electrons. The third kappa shape index (κ3) is 5.24. The van der Waals surface area contributed by atoms with Crippen molar-refractivity contribution < 1.29 is 13.9 Å². The van der Waals surface area contributed by atoms with Gasteiger partial charge in [-0.15, -0.1) is 0 Å². The van der Waals surface area contributed by atoms with E-state index in [4.69, 9.17) is 20.8 Å². The number of amides is 1. The van der Waals surface area contributed by atoms with Crippen LogP contribution >= 0.6 is 11.6 Å². The Morgan fingerprint density at radius 1 is 1.11 bits per heavy atom.